The second kappa shape index (κ2) is 6.14. The molecule has 0 radical (unpaired) electrons. The molecule has 0 saturated carbocycles. The number of carbonyl (C=O) groups is 3. The van der Waals surface area contributed by atoms with Gasteiger partial charge in [0.2, 0.25) is 0 Å². The lowest BCUT2D eigenvalue weighted by Gasteiger charge is -2.28. The van der Waals surface area contributed by atoms with E-state index in [2.05, 4.69) is 20.3 Å². The molecule has 0 aromatic carbocycles. The number of hydrogen-bond donors (Lipinski definition) is 2. The molecule has 0 aliphatic carbocycles. The molecule has 2 N–H and O–H groups in total. The molecule has 9 nitrogen and oxygen atoms in total. The fraction of sp³-hybridized carbons (Fsp3) is 0.625. The minimum absolute atomic E-state index is 0.102. The molecule has 25 heavy (non-hydrogen) atoms. The van der Waals surface area contributed by atoms with Crippen molar-refractivity contribution >= 4 is 17.8 Å². The SMILES string of the molecule is CC[C@@]1(C)NC(=O)N(NC(=O)CN2CCn3c(nc(C)c3C)C2)C1=O. The zero-order valence-corrected chi connectivity index (χ0v) is 15.0. The van der Waals surface area contributed by atoms with Crippen LogP contribution < -0.4 is 10.7 Å². The molecule has 2 aliphatic heterocycles. The van der Waals surface area contributed by atoms with E-state index in [1.165, 1.54) is 0 Å². The first-order chi connectivity index (χ1) is 11.7. The summed E-state index contributed by atoms with van der Waals surface area (Å²) in [5, 5.41) is 3.39. The molecule has 9 heteroatoms. The summed E-state index contributed by atoms with van der Waals surface area (Å²) < 4.78 is 2.16. The largest absolute Gasteiger partial charge is 0.344 e. The number of hydrogen-bond acceptors (Lipinski definition) is 5. The number of fused-ring (bicyclic) bond motifs is 1. The third-order valence-electron chi connectivity index (χ3n) is 5.11. The first kappa shape index (κ1) is 17.4. The number of imide groups is 1. The maximum Gasteiger partial charge on any atom is 0.344 e. The number of carbonyl (C=O) groups excluding carboxylic acids is 3. The van der Waals surface area contributed by atoms with Crippen molar-refractivity contribution in [2.75, 3.05) is 13.1 Å². The quantitative estimate of drug-likeness (QED) is 0.750. The summed E-state index contributed by atoms with van der Waals surface area (Å²) in [6.07, 6.45) is 0.456. The topological polar surface area (TPSA) is 99.6 Å². The van der Waals surface area contributed by atoms with Crippen LogP contribution in [-0.2, 0) is 22.7 Å². The van der Waals surface area contributed by atoms with E-state index in [0.29, 0.717) is 19.5 Å². The number of nitrogens with one attached hydrogen (secondary N) is 2. The summed E-state index contributed by atoms with van der Waals surface area (Å²) in [6.45, 7) is 9.62. The minimum Gasteiger partial charge on any atom is -0.330 e. The van der Waals surface area contributed by atoms with Crippen LogP contribution in [0.5, 0.6) is 0 Å². The lowest BCUT2D eigenvalue weighted by Crippen LogP contribution is -2.51. The van der Waals surface area contributed by atoms with E-state index in [0.717, 1.165) is 28.8 Å². The zero-order valence-electron chi connectivity index (χ0n) is 15.0. The lowest BCUT2D eigenvalue weighted by atomic mass is 10.00. The smallest absolute Gasteiger partial charge is 0.330 e. The Balaban J connectivity index is 1.60. The number of urea groups is 1. The van der Waals surface area contributed by atoms with Crippen molar-refractivity contribution < 1.29 is 14.4 Å². The zero-order chi connectivity index (χ0) is 18.4. The third kappa shape index (κ3) is 2.99. The van der Waals surface area contributed by atoms with Crippen molar-refractivity contribution in [3.63, 3.8) is 0 Å². The molecule has 1 fully saturated rings. The number of imidazole rings is 1. The van der Waals surface area contributed by atoms with E-state index >= 15 is 0 Å². The average Bonchev–Trinajstić information content (AvgIpc) is 2.96. The van der Waals surface area contributed by atoms with Gasteiger partial charge in [0.15, 0.2) is 0 Å². The van der Waals surface area contributed by atoms with Crippen LogP contribution in [0.2, 0.25) is 0 Å². The molecule has 2 aliphatic rings. The number of aryl methyl sites for hydroxylation is 1. The molecule has 0 unspecified atom stereocenters. The second-order valence-electron chi connectivity index (χ2n) is 6.85. The Bertz CT molecular complexity index is 742. The van der Waals surface area contributed by atoms with Crippen molar-refractivity contribution in [2.45, 2.75) is 52.7 Å². The van der Waals surface area contributed by atoms with Gasteiger partial charge in [-0.2, -0.15) is 5.01 Å². The van der Waals surface area contributed by atoms with Gasteiger partial charge in [0.25, 0.3) is 11.8 Å². The summed E-state index contributed by atoms with van der Waals surface area (Å²) in [5.74, 6) is 0.105. The van der Waals surface area contributed by atoms with Gasteiger partial charge in [-0.3, -0.25) is 19.9 Å². The Morgan fingerprint density at radius 2 is 2.04 bits per heavy atom. The summed E-state index contributed by atoms with van der Waals surface area (Å²) in [5.41, 5.74) is 3.61. The molecule has 0 bridgehead atoms. The van der Waals surface area contributed by atoms with Crippen LogP contribution in [-0.4, -0.2) is 55.9 Å². The molecule has 1 aromatic rings. The van der Waals surface area contributed by atoms with Crippen LogP contribution in [0.3, 0.4) is 0 Å². The second-order valence-corrected chi connectivity index (χ2v) is 6.85. The van der Waals surface area contributed by atoms with E-state index in [4.69, 9.17) is 0 Å². The number of hydrazine groups is 1. The average molecular weight is 348 g/mol. The van der Waals surface area contributed by atoms with Gasteiger partial charge in [0.1, 0.15) is 11.4 Å². The number of aromatic nitrogens is 2. The molecule has 1 saturated heterocycles. The normalized spacial score (nSPS) is 23.6. The summed E-state index contributed by atoms with van der Waals surface area (Å²) in [7, 11) is 0. The van der Waals surface area contributed by atoms with Gasteiger partial charge in [-0.1, -0.05) is 6.92 Å². The standard InChI is InChI=1S/C16H24N6O3/c1-5-16(4)14(24)22(15(25)18-16)19-13(23)9-20-6-7-21-11(3)10(2)17-12(21)8-20/h5-9H2,1-4H3,(H,18,25)(H,19,23)/t16-/m1/s1. The van der Waals surface area contributed by atoms with Gasteiger partial charge in [0.05, 0.1) is 18.8 Å². The lowest BCUT2D eigenvalue weighted by molar-refractivity contribution is -0.139. The fourth-order valence-electron chi connectivity index (χ4n) is 3.19. The van der Waals surface area contributed by atoms with Crippen LogP contribution in [0.25, 0.3) is 0 Å². The van der Waals surface area contributed by atoms with Crippen molar-refractivity contribution in [2.24, 2.45) is 0 Å². The summed E-state index contributed by atoms with van der Waals surface area (Å²) in [6, 6.07) is -0.594. The highest BCUT2D eigenvalue weighted by Gasteiger charge is 2.47. The van der Waals surface area contributed by atoms with E-state index in [1.54, 1.807) is 6.92 Å². The molecular weight excluding hydrogens is 324 g/mol. The molecule has 136 valence electrons. The first-order valence-corrected chi connectivity index (χ1v) is 8.46. The van der Waals surface area contributed by atoms with Crippen molar-refractivity contribution in [1.82, 2.24) is 30.2 Å². The van der Waals surface area contributed by atoms with Gasteiger partial charge in [-0.05, 0) is 27.2 Å². The maximum atomic E-state index is 12.3. The summed E-state index contributed by atoms with van der Waals surface area (Å²) in [4.78, 5) is 43.0. The Morgan fingerprint density at radius 3 is 2.68 bits per heavy atom. The molecular formula is C16H24N6O3. The van der Waals surface area contributed by atoms with E-state index in [1.807, 2.05) is 25.7 Å². The minimum atomic E-state index is -0.963. The molecule has 0 spiro atoms. The molecule has 1 atom stereocenters. The number of rotatable bonds is 4. The van der Waals surface area contributed by atoms with Crippen LogP contribution in [0, 0.1) is 13.8 Å². The molecule has 3 rings (SSSR count). The highest BCUT2D eigenvalue weighted by atomic mass is 16.2. The highest BCUT2D eigenvalue weighted by Crippen LogP contribution is 2.19. The molecule has 3 heterocycles. The van der Waals surface area contributed by atoms with Crippen molar-refractivity contribution in [3.8, 4) is 0 Å². The Hall–Kier alpha value is -2.42. The van der Waals surface area contributed by atoms with Gasteiger partial charge in [-0.25, -0.2) is 9.78 Å². The molecule has 1 aromatic heterocycles. The van der Waals surface area contributed by atoms with Gasteiger partial charge in [-0.15, -0.1) is 0 Å². The predicted octanol–water partition coefficient (Wildman–Crippen LogP) is 0.0672. The maximum absolute atomic E-state index is 12.3. The number of nitrogens with zero attached hydrogens (tertiary/aromatic N) is 4. The van der Waals surface area contributed by atoms with Crippen LogP contribution in [0.15, 0.2) is 0 Å². The third-order valence-corrected chi connectivity index (χ3v) is 5.11. The van der Waals surface area contributed by atoms with E-state index < -0.39 is 23.4 Å². The Kier molecular flexibility index (Phi) is 4.28. The van der Waals surface area contributed by atoms with Crippen LogP contribution in [0.4, 0.5) is 4.79 Å². The van der Waals surface area contributed by atoms with Crippen LogP contribution >= 0.6 is 0 Å². The highest BCUT2D eigenvalue weighted by molar-refractivity contribution is 6.07. The van der Waals surface area contributed by atoms with E-state index in [-0.39, 0.29) is 6.54 Å². The Morgan fingerprint density at radius 1 is 1.32 bits per heavy atom. The predicted molar refractivity (Wildman–Crippen MR) is 89.2 cm³/mol. The first-order valence-electron chi connectivity index (χ1n) is 8.46. The van der Waals surface area contributed by atoms with Crippen LogP contribution in [0.1, 0.15) is 37.5 Å². The van der Waals surface area contributed by atoms with Gasteiger partial charge in [0, 0.05) is 18.8 Å². The van der Waals surface area contributed by atoms with Gasteiger partial charge < -0.3 is 9.88 Å². The number of amides is 4. The molecule has 4 amide bonds. The fourth-order valence-corrected chi connectivity index (χ4v) is 3.19. The monoisotopic (exact) mass is 348 g/mol. The van der Waals surface area contributed by atoms with Crippen molar-refractivity contribution in [3.05, 3.63) is 17.2 Å². The van der Waals surface area contributed by atoms with Crippen molar-refractivity contribution in [1.29, 1.82) is 0 Å². The van der Waals surface area contributed by atoms with Gasteiger partial charge >= 0.3 is 6.03 Å². The summed E-state index contributed by atoms with van der Waals surface area (Å²) >= 11 is 0. The Labute approximate surface area is 146 Å². The van der Waals surface area contributed by atoms with E-state index in [9.17, 15) is 14.4 Å².